The number of thiazole rings is 1. The number of amides is 1. The van der Waals surface area contributed by atoms with Gasteiger partial charge >= 0.3 is 0 Å². The van der Waals surface area contributed by atoms with Crippen LogP contribution in [0.25, 0.3) is 21.1 Å². The molecule has 0 fully saturated rings. The van der Waals surface area contributed by atoms with E-state index < -0.39 is 0 Å². The summed E-state index contributed by atoms with van der Waals surface area (Å²) in [5.74, 6) is 0.512. The number of benzene rings is 1. The van der Waals surface area contributed by atoms with Gasteiger partial charge in [-0.15, -0.1) is 11.3 Å². The molecule has 0 aliphatic carbocycles. The van der Waals surface area contributed by atoms with Crippen molar-refractivity contribution in [3.05, 3.63) is 72.3 Å². The average molecular weight is 431 g/mol. The molecule has 1 amide bonds. The van der Waals surface area contributed by atoms with Crippen molar-refractivity contribution in [3.63, 3.8) is 0 Å². The second-order valence-electron chi connectivity index (χ2n) is 7.00. The number of aromatic nitrogens is 4. The van der Waals surface area contributed by atoms with Crippen LogP contribution in [0.5, 0.6) is 0 Å². The van der Waals surface area contributed by atoms with Gasteiger partial charge in [-0.05, 0) is 49.2 Å². The van der Waals surface area contributed by atoms with Gasteiger partial charge in [0.05, 0.1) is 16.3 Å². The number of anilines is 2. The monoisotopic (exact) mass is 430 g/mol. The molecule has 156 valence electrons. The first-order valence-electron chi connectivity index (χ1n) is 9.90. The van der Waals surface area contributed by atoms with Gasteiger partial charge < -0.3 is 10.6 Å². The van der Waals surface area contributed by atoms with Gasteiger partial charge in [0.25, 0.3) is 0 Å². The fraction of sp³-hybridized carbons (Fsp3) is 0.174. The summed E-state index contributed by atoms with van der Waals surface area (Å²) in [5.41, 5.74) is 4.80. The number of carbonyl (C=O) groups is 1. The zero-order valence-corrected chi connectivity index (χ0v) is 18.1. The fourth-order valence-corrected chi connectivity index (χ4v) is 4.09. The molecule has 0 spiro atoms. The highest BCUT2D eigenvalue weighted by atomic mass is 32.1. The summed E-state index contributed by atoms with van der Waals surface area (Å²) in [7, 11) is 0. The smallest absolute Gasteiger partial charge is 0.227 e. The summed E-state index contributed by atoms with van der Waals surface area (Å²) in [6, 6.07) is 13.8. The number of hydrogen-bond donors (Lipinski definition) is 2. The van der Waals surface area contributed by atoms with Crippen molar-refractivity contribution in [1.82, 2.24) is 25.3 Å². The first-order chi connectivity index (χ1) is 15.1. The Morgan fingerprint density at radius 1 is 1.06 bits per heavy atom. The van der Waals surface area contributed by atoms with E-state index in [9.17, 15) is 4.79 Å². The third-order valence-electron chi connectivity index (χ3n) is 4.59. The molecule has 7 nitrogen and oxygen atoms in total. The molecule has 3 heterocycles. The van der Waals surface area contributed by atoms with Crippen molar-refractivity contribution >= 4 is 28.9 Å². The van der Waals surface area contributed by atoms with Crippen LogP contribution in [0.3, 0.4) is 0 Å². The van der Waals surface area contributed by atoms with E-state index in [-0.39, 0.29) is 5.91 Å². The minimum atomic E-state index is -0.0148. The van der Waals surface area contributed by atoms with Gasteiger partial charge in [-0.1, -0.05) is 12.1 Å². The number of nitrogens with zero attached hydrogens (tertiary/aromatic N) is 4. The van der Waals surface area contributed by atoms with E-state index in [0.717, 1.165) is 44.5 Å². The molecule has 0 saturated carbocycles. The minimum Gasteiger partial charge on any atom is -0.356 e. The van der Waals surface area contributed by atoms with Crippen LogP contribution in [-0.4, -0.2) is 32.4 Å². The molecule has 4 aromatic rings. The molecule has 0 radical (unpaired) electrons. The number of hydrogen-bond acceptors (Lipinski definition) is 7. The maximum Gasteiger partial charge on any atom is 0.227 e. The van der Waals surface area contributed by atoms with Gasteiger partial charge in [0.15, 0.2) is 0 Å². The molecule has 31 heavy (non-hydrogen) atoms. The Bertz CT molecular complexity index is 1170. The fourth-order valence-electron chi connectivity index (χ4n) is 3.06. The third kappa shape index (κ3) is 5.29. The normalized spacial score (nSPS) is 10.6. The van der Waals surface area contributed by atoms with E-state index in [0.29, 0.717) is 12.5 Å². The van der Waals surface area contributed by atoms with E-state index in [2.05, 4.69) is 30.6 Å². The van der Waals surface area contributed by atoms with Gasteiger partial charge in [-0.25, -0.2) is 15.0 Å². The van der Waals surface area contributed by atoms with Crippen LogP contribution in [0.4, 0.5) is 11.6 Å². The summed E-state index contributed by atoms with van der Waals surface area (Å²) in [6.07, 6.45) is 6.10. The van der Waals surface area contributed by atoms with Crippen molar-refractivity contribution in [2.45, 2.75) is 20.3 Å². The topological polar surface area (TPSA) is 92.7 Å². The maximum atomic E-state index is 11.0. The zero-order valence-electron chi connectivity index (χ0n) is 17.3. The van der Waals surface area contributed by atoms with Crippen LogP contribution in [0.15, 0.2) is 61.1 Å². The van der Waals surface area contributed by atoms with Gasteiger partial charge in [0.1, 0.15) is 5.01 Å². The molecule has 4 rings (SSSR count). The second-order valence-corrected chi connectivity index (χ2v) is 7.99. The number of pyridine rings is 1. The largest absolute Gasteiger partial charge is 0.356 e. The van der Waals surface area contributed by atoms with E-state index in [1.165, 1.54) is 6.92 Å². The molecule has 8 heteroatoms. The van der Waals surface area contributed by atoms with Crippen molar-refractivity contribution in [2.24, 2.45) is 0 Å². The Balaban J connectivity index is 1.48. The Morgan fingerprint density at radius 3 is 2.65 bits per heavy atom. The highest BCUT2D eigenvalue weighted by Crippen LogP contribution is 2.34. The number of carbonyl (C=O) groups excluding carboxylic acids is 1. The molecule has 0 aliphatic rings. The Labute approximate surface area is 184 Å². The minimum absolute atomic E-state index is 0.0148. The second kappa shape index (κ2) is 9.44. The molecule has 3 aromatic heterocycles. The van der Waals surface area contributed by atoms with Crippen LogP contribution in [0, 0.1) is 6.92 Å². The van der Waals surface area contributed by atoms with Crippen LogP contribution < -0.4 is 10.6 Å². The average Bonchev–Trinajstić information content (AvgIpc) is 3.17. The van der Waals surface area contributed by atoms with E-state index in [1.54, 1.807) is 23.7 Å². The molecule has 0 atom stereocenters. The van der Waals surface area contributed by atoms with Crippen molar-refractivity contribution in [2.75, 3.05) is 11.9 Å². The van der Waals surface area contributed by atoms with Crippen LogP contribution in [-0.2, 0) is 11.2 Å². The SMILES string of the molecule is CC(=O)NCCc1ccc(Nc2nccc(-c3sc(-c4cccnc4)nc3C)n2)cc1. The van der Waals surface area contributed by atoms with Crippen LogP contribution in [0.1, 0.15) is 18.2 Å². The molecule has 0 bridgehead atoms. The predicted molar refractivity (Wildman–Crippen MR) is 123 cm³/mol. The van der Waals surface area contributed by atoms with Gasteiger partial charge in [0.2, 0.25) is 11.9 Å². The summed E-state index contributed by atoms with van der Waals surface area (Å²) < 4.78 is 0. The van der Waals surface area contributed by atoms with Crippen molar-refractivity contribution in [1.29, 1.82) is 0 Å². The lowest BCUT2D eigenvalue weighted by atomic mass is 10.1. The molecule has 1 aromatic carbocycles. The number of aryl methyl sites for hydroxylation is 1. The molecule has 0 aliphatic heterocycles. The highest BCUT2D eigenvalue weighted by molar-refractivity contribution is 7.18. The number of rotatable bonds is 7. The predicted octanol–water partition coefficient (Wildman–Crippen LogP) is 4.39. The lowest BCUT2D eigenvalue weighted by Gasteiger charge is -2.08. The number of nitrogens with one attached hydrogen (secondary N) is 2. The summed E-state index contributed by atoms with van der Waals surface area (Å²) >= 11 is 1.59. The standard InChI is InChI=1S/C23H22N6OS/c1-15-21(31-22(27-15)18-4-3-11-24-14-18)20-10-13-26-23(29-20)28-19-7-5-17(6-8-19)9-12-25-16(2)30/h3-8,10-11,13-14H,9,12H2,1-2H3,(H,25,30)(H,26,28,29). The van der Waals surface area contributed by atoms with Crippen LogP contribution >= 0.6 is 11.3 Å². The Kier molecular flexibility index (Phi) is 6.28. The quantitative estimate of drug-likeness (QED) is 0.452. The Hall–Kier alpha value is -3.65. The molecule has 0 unspecified atom stereocenters. The van der Waals surface area contributed by atoms with Gasteiger partial charge in [-0.3, -0.25) is 9.78 Å². The van der Waals surface area contributed by atoms with Crippen LogP contribution in [0.2, 0.25) is 0 Å². The lowest BCUT2D eigenvalue weighted by molar-refractivity contribution is -0.118. The molecule has 0 saturated heterocycles. The zero-order chi connectivity index (χ0) is 21.6. The maximum absolute atomic E-state index is 11.0. The Morgan fingerprint density at radius 2 is 1.90 bits per heavy atom. The molecular weight excluding hydrogens is 408 g/mol. The molecular formula is C23H22N6OS. The summed E-state index contributed by atoms with van der Waals surface area (Å²) in [5, 5.41) is 6.98. The third-order valence-corrected chi connectivity index (χ3v) is 5.82. The summed E-state index contributed by atoms with van der Waals surface area (Å²) in [4.78, 5) is 29.9. The van der Waals surface area contributed by atoms with E-state index >= 15 is 0 Å². The summed E-state index contributed by atoms with van der Waals surface area (Å²) in [6.45, 7) is 4.14. The molecule has 2 N–H and O–H groups in total. The van der Waals surface area contributed by atoms with E-state index in [4.69, 9.17) is 0 Å². The van der Waals surface area contributed by atoms with Gasteiger partial charge in [-0.2, -0.15) is 0 Å². The highest BCUT2D eigenvalue weighted by Gasteiger charge is 2.13. The first kappa shape index (κ1) is 20.6. The van der Waals surface area contributed by atoms with Crippen molar-refractivity contribution in [3.8, 4) is 21.1 Å². The van der Waals surface area contributed by atoms with Crippen molar-refractivity contribution < 1.29 is 4.79 Å². The van der Waals surface area contributed by atoms with Gasteiger partial charge in [0, 0.05) is 43.3 Å². The van der Waals surface area contributed by atoms with E-state index in [1.807, 2.05) is 55.6 Å². The first-order valence-corrected chi connectivity index (χ1v) is 10.7. The lowest BCUT2D eigenvalue weighted by Crippen LogP contribution is -2.22.